The second kappa shape index (κ2) is 11.3. The van der Waals surface area contributed by atoms with Gasteiger partial charge in [-0.25, -0.2) is 9.37 Å². The summed E-state index contributed by atoms with van der Waals surface area (Å²) in [6, 6.07) is 8.16. The van der Waals surface area contributed by atoms with Crippen LogP contribution >= 0.6 is 0 Å². The van der Waals surface area contributed by atoms with E-state index in [1.807, 2.05) is 5.32 Å². The number of rotatable bonds is 8. The minimum Gasteiger partial charge on any atom is -0.494 e. The standard InChI is InChI=1S/C32H25F7N4O5/c1-47-22-10-17(8-16-9-19(31(34,35)36)12-41-24(16)22)27(44)42-13-30(46,32(37,38)39)23-11-21-26(25(43-23)15-2-6-20(33)7-3-15)48-14-29(21,28(40)45)18-4-5-18/h2-3,6-12,18,46H,4-5,13-14H2,1H3,(H2,40,45)(H,42,44)/t29-,30-/m0/s1. The van der Waals surface area contributed by atoms with Crippen molar-refractivity contribution in [3.63, 3.8) is 0 Å². The van der Waals surface area contributed by atoms with Crippen LogP contribution in [0.5, 0.6) is 11.5 Å². The number of halogens is 7. The summed E-state index contributed by atoms with van der Waals surface area (Å²) in [6.07, 6.45) is -8.63. The lowest BCUT2D eigenvalue weighted by molar-refractivity contribution is -0.265. The van der Waals surface area contributed by atoms with Crippen molar-refractivity contribution in [3.05, 3.63) is 82.9 Å². The van der Waals surface area contributed by atoms with E-state index in [4.69, 9.17) is 15.2 Å². The molecule has 6 rings (SSSR count). The Kier molecular flexibility index (Phi) is 7.76. The van der Waals surface area contributed by atoms with Gasteiger partial charge in [-0.15, -0.1) is 0 Å². The van der Waals surface area contributed by atoms with E-state index in [-0.39, 0.29) is 51.7 Å². The van der Waals surface area contributed by atoms with Crippen LogP contribution in [0.4, 0.5) is 30.7 Å². The molecule has 3 heterocycles. The third-order valence-electron chi connectivity index (χ3n) is 8.68. The van der Waals surface area contributed by atoms with E-state index >= 15 is 0 Å². The van der Waals surface area contributed by atoms with Crippen molar-refractivity contribution in [1.82, 2.24) is 15.3 Å². The number of aliphatic hydroxyl groups is 1. The Morgan fingerprint density at radius 3 is 2.35 bits per heavy atom. The van der Waals surface area contributed by atoms with Crippen LogP contribution in [0, 0.1) is 11.7 Å². The van der Waals surface area contributed by atoms with E-state index in [2.05, 4.69) is 9.97 Å². The summed E-state index contributed by atoms with van der Waals surface area (Å²) in [7, 11) is 1.16. The second-order valence-corrected chi connectivity index (χ2v) is 11.7. The van der Waals surface area contributed by atoms with Gasteiger partial charge in [-0.05, 0) is 67.3 Å². The first-order valence-corrected chi connectivity index (χ1v) is 14.4. The summed E-state index contributed by atoms with van der Waals surface area (Å²) in [5, 5.41) is 13.2. The molecule has 1 aliphatic carbocycles. The molecule has 0 bridgehead atoms. The van der Waals surface area contributed by atoms with Gasteiger partial charge >= 0.3 is 12.4 Å². The van der Waals surface area contributed by atoms with Crippen LogP contribution in [0.25, 0.3) is 22.2 Å². The lowest BCUT2D eigenvalue weighted by atomic mass is 9.76. The lowest BCUT2D eigenvalue weighted by Crippen LogP contribution is -2.52. The van der Waals surface area contributed by atoms with Gasteiger partial charge in [0, 0.05) is 28.3 Å². The molecule has 0 radical (unpaired) electrons. The number of hydrogen-bond acceptors (Lipinski definition) is 7. The van der Waals surface area contributed by atoms with E-state index in [1.54, 1.807) is 0 Å². The van der Waals surface area contributed by atoms with Crippen molar-refractivity contribution in [1.29, 1.82) is 0 Å². The lowest BCUT2D eigenvalue weighted by Gasteiger charge is -2.32. The van der Waals surface area contributed by atoms with E-state index in [9.17, 15) is 45.4 Å². The first-order valence-electron chi connectivity index (χ1n) is 14.4. The molecule has 48 heavy (non-hydrogen) atoms. The zero-order valence-electron chi connectivity index (χ0n) is 24.8. The fourth-order valence-electron chi connectivity index (χ4n) is 5.91. The van der Waals surface area contributed by atoms with Crippen molar-refractivity contribution in [2.45, 2.75) is 36.2 Å². The highest BCUT2D eigenvalue weighted by Crippen LogP contribution is 2.56. The van der Waals surface area contributed by atoms with Gasteiger partial charge in [0.05, 0.1) is 24.9 Å². The van der Waals surface area contributed by atoms with Crippen molar-refractivity contribution in [2.75, 3.05) is 20.3 Å². The number of nitrogens with zero attached hydrogens (tertiary/aromatic N) is 2. The number of aromatic nitrogens is 2. The van der Waals surface area contributed by atoms with Gasteiger partial charge in [0.25, 0.3) is 5.91 Å². The molecule has 0 saturated heterocycles. The molecule has 9 nitrogen and oxygen atoms in total. The quantitative estimate of drug-likeness (QED) is 0.219. The highest BCUT2D eigenvalue weighted by molar-refractivity contribution is 6.00. The normalized spacial score (nSPS) is 18.9. The number of carbonyl (C=O) groups is 2. The number of pyridine rings is 2. The average Bonchev–Trinajstić information content (AvgIpc) is 3.81. The number of primary amides is 1. The molecular formula is C32H25F7N4O5. The highest BCUT2D eigenvalue weighted by atomic mass is 19.4. The summed E-state index contributed by atoms with van der Waals surface area (Å²) in [5.41, 5.74) is -2.37. The Labute approximate surface area is 266 Å². The molecule has 1 fully saturated rings. The molecule has 4 N–H and O–H groups in total. The number of nitrogens with one attached hydrogen (secondary N) is 1. The maximum absolute atomic E-state index is 14.8. The third-order valence-corrected chi connectivity index (χ3v) is 8.68. The molecule has 2 aromatic carbocycles. The van der Waals surface area contributed by atoms with Gasteiger partial charge in [0.15, 0.2) is 0 Å². The Balaban J connectivity index is 1.43. The largest absolute Gasteiger partial charge is 0.494 e. The first kappa shape index (κ1) is 32.9. The number of hydrogen-bond donors (Lipinski definition) is 3. The molecule has 0 unspecified atom stereocenters. The zero-order valence-corrected chi connectivity index (χ0v) is 24.8. The van der Waals surface area contributed by atoms with Gasteiger partial charge in [-0.3, -0.25) is 14.6 Å². The number of amides is 2. The maximum atomic E-state index is 14.8. The molecule has 1 saturated carbocycles. The SMILES string of the molecule is COc1cc(C(=O)NC[C@](O)(c2cc3c(c(-c4ccc(F)cc4)n2)OC[C@]3(C(N)=O)C2CC2)C(F)(F)F)cc2cc(C(F)(F)F)cnc12. The van der Waals surface area contributed by atoms with Crippen LogP contribution in [0.15, 0.2) is 54.7 Å². The monoisotopic (exact) mass is 678 g/mol. The smallest absolute Gasteiger partial charge is 0.424 e. The van der Waals surface area contributed by atoms with Crippen molar-refractivity contribution in [3.8, 4) is 22.8 Å². The number of ether oxygens (including phenoxy) is 2. The van der Waals surface area contributed by atoms with Gasteiger partial charge in [0.2, 0.25) is 11.5 Å². The summed E-state index contributed by atoms with van der Waals surface area (Å²) < 4.78 is 109. The molecule has 16 heteroatoms. The first-order chi connectivity index (χ1) is 22.5. The molecule has 2 aliphatic rings. The molecule has 0 spiro atoms. The van der Waals surface area contributed by atoms with Crippen LogP contribution in [0.1, 0.15) is 40.0 Å². The number of alkyl halides is 6. The fourth-order valence-corrected chi connectivity index (χ4v) is 5.91. The van der Waals surface area contributed by atoms with Gasteiger partial charge in [-0.1, -0.05) is 0 Å². The molecule has 2 atom stereocenters. The number of fused-ring (bicyclic) bond motifs is 2. The topological polar surface area (TPSA) is 137 Å². The van der Waals surface area contributed by atoms with Crippen molar-refractivity contribution >= 4 is 22.7 Å². The molecule has 2 amide bonds. The summed E-state index contributed by atoms with van der Waals surface area (Å²) in [4.78, 5) is 33.9. The van der Waals surface area contributed by atoms with Gasteiger partial charge < -0.3 is 25.6 Å². The predicted molar refractivity (Wildman–Crippen MR) is 154 cm³/mol. The minimum atomic E-state index is -5.48. The van der Waals surface area contributed by atoms with Crippen LogP contribution in [-0.2, 0) is 22.0 Å². The van der Waals surface area contributed by atoms with Crippen molar-refractivity contribution < 1.29 is 54.9 Å². The Hall–Kier alpha value is -4.99. The summed E-state index contributed by atoms with van der Waals surface area (Å²) in [5.74, 6) is -3.26. The van der Waals surface area contributed by atoms with Crippen LogP contribution in [0.3, 0.4) is 0 Å². The average molecular weight is 679 g/mol. The molecule has 4 aromatic rings. The van der Waals surface area contributed by atoms with E-state index in [0.717, 1.165) is 37.4 Å². The van der Waals surface area contributed by atoms with E-state index < -0.39 is 64.4 Å². The fraction of sp³-hybridized carbons (Fsp3) is 0.312. The maximum Gasteiger partial charge on any atom is 0.424 e. The molecule has 252 valence electrons. The number of benzene rings is 2. The third kappa shape index (κ3) is 5.42. The van der Waals surface area contributed by atoms with E-state index in [0.29, 0.717) is 25.1 Å². The summed E-state index contributed by atoms with van der Waals surface area (Å²) in [6.45, 7) is -1.81. The van der Waals surface area contributed by atoms with Crippen LogP contribution < -0.4 is 20.5 Å². The molecule has 2 aromatic heterocycles. The second-order valence-electron chi connectivity index (χ2n) is 11.7. The Morgan fingerprint density at radius 2 is 1.77 bits per heavy atom. The number of methoxy groups -OCH3 is 1. The molecule has 1 aliphatic heterocycles. The number of carbonyl (C=O) groups excluding carboxylic acids is 2. The number of nitrogens with two attached hydrogens (primary N) is 1. The predicted octanol–water partition coefficient (Wildman–Crippen LogP) is 5.17. The zero-order chi connectivity index (χ0) is 34.8. The Bertz CT molecular complexity index is 1950. The van der Waals surface area contributed by atoms with Gasteiger partial charge in [0.1, 0.15) is 40.5 Å². The van der Waals surface area contributed by atoms with Gasteiger partial charge in [-0.2, -0.15) is 26.3 Å². The van der Waals surface area contributed by atoms with E-state index in [1.165, 1.54) is 12.1 Å². The van der Waals surface area contributed by atoms with Crippen LogP contribution in [-0.4, -0.2) is 53.3 Å². The highest BCUT2D eigenvalue weighted by Gasteiger charge is 2.60. The summed E-state index contributed by atoms with van der Waals surface area (Å²) >= 11 is 0. The van der Waals surface area contributed by atoms with Crippen molar-refractivity contribution in [2.24, 2.45) is 11.7 Å². The van der Waals surface area contributed by atoms with Crippen LogP contribution in [0.2, 0.25) is 0 Å². The minimum absolute atomic E-state index is 0.0388. The Morgan fingerprint density at radius 1 is 1.08 bits per heavy atom. The molecular weight excluding hydrogens is 653 g/mol.